The molecule has 3 unspecified atom stereocenters. The number of carbonyl (C=O) groups excluding carboxylic acids is 1. The third kappa shape index (κ3) is 5.09. The first kappa shape index (κ1) is 15.8. The van der Waals surface area contributed by atoms with Gasteiger partial charge in [-0.25, -0.2) is 0 Å². The van der Waals surface area contributed by atoms with Crippen molar-refractivity contribution in [1.82, 2.24) is 0 Å². The molecular formula is C14H20O4P+. The molecule has 0 aliphatic carbocycles. The number of aryl methyl sites for hydroxylation is 1. The van der Waals surface area contributed by atoms with Gasteiger partial charge in [0, 0.05) is 0 Å². The van der Waals surface area contributed by atoms with Gasteiger partial charge in [0.15, 0.2) is 5.66 Å². The van der Waals surface area contributed by atoms with Crippen molar-refractivity contribution >= 4 is 14.4 Å². The van der Waals surface area contributed by atoms with Crippen molar-refractivity contribution in [3.8, 4) is 0 Å². The first-order valence-corrected chi connectivity index (χ1v) is 7.40. The number of esters is 1. The molecule has 0 bridgehead atoms. The van der Waals surface area contributed by atoms with Crippen LogP contribution in [0.4, 0.5) is 0 Å². The second-order valence-electron chi connectivity index (χ2n) is 4.29. The summed E-state index contributed by atoms with van der Waals surface area (Å²) in [5.74, 6) is -0.887. The summed E-state index contributed by atoms with van der Waals surface area (Å²) in [6.07, 6.45) is 1.23. The molecule has 0 heterocycles. The van der Waals surface area contributed by atoms with Gasteiger partial charge < -0.3 is 9.84 Å². The average molecular weight is 283 g/mol. The van der Waals surface area contributed by atoms with Gasteiger partial charge in [-0.15, -0.1) is 0 Å². The Labute approximate surface area is 115 Å². The normalized spacial score (nSPS) is 14.0. The highest BCUT2D eigenvalue weighted by atomic mass is 31.1. The summed E-state index contributed by atoms with van der Waals surface area (Å²) in [5.41, 5.74) is 0.575. The van der Waals surface area contributed by atoms with Crippen LogP contribution < -0.4 is 0 Å². The third-order valence-corrected chi connectivity index (χ3v) is 3.90. The highest BCUT2D eigenvalue weighted by Gasteiger charge is 2.34. The van der Waals surface area contributed by atoms with Crippen molar-refractivity contribution in [1.29, 1.82) is 0 Å². The predicted octanol–water partition coefficient (Wildman–Crippen LogP) is 2.18. The van der Waals surface area contributed by atoms with Crippen LogP contribution in [0.25, 0.3) is 0 Å². The van der Waals surface area contributed by atoms with Crippen LogP contribution in [-0.4, -0.2) is 29.9 Å². The molecule has 0 saturated carbocycles. The second kappa shape index (κ2) is 8.78. The Morgan fingerprint density at radius 1 is 1.37 bits per heavy atom. The number of aliphatic hydroxyl groups excluding tert-OH is 1. The van der Waals surface area contributed by atoms with E-state index < -0.39 is 20.0 Å². The van der Waals surface area contributed by atoms with Crippen molar-refractivity contribution < 1.29 is 19.2 Å². The summed E-state index contributed by atoms with van der Waals surface area (Å²) in [4.78, 5) is 11.9. The Balaban J connectivity index is 2.68. The molecule has 1 aromatic rings. The Kier molecular flexibility index (Phi) is 7.31. The van der Waals surface area contributed by atoms with E-state index >= 15 is 0 Å². The van der Waals surface area contributed by atoms with E-state index in [-0.39, 0.29) is 12.6 Å². The van der Waals surface area contributed by atoms with E-state index in [1.165, 1.54) is 0 Å². The highest BCUT2D eigenvalue weighted by molar-refractivity contribution is 7.24. The number of carbonyl (C=O) groups is 1. The lowest BCUT2D eigenvalue weighted by Gasteiger charge is -2.15. The van der Waals surface area contributed by atoms with E-state index in [2.05, 4.69) is 0 Å². The summed E-state index contributed by atoms with van der Waals surface area (Å²) in [6, 6.07) is 9.77. The molecule has 104 valence electrons. The van der Waals surface area contributed by atoms with Crippen molar-refractivity contribution in [2.75, 3.05) is 13.2 Å². The zero-order chi connectivity index (χ0) is 14.1. The van der Waals surface area contributed by atoms with Crippen LogP contribution in [0.5, 0.6) is 0 Å². The summed E-state index contributed by atoms with van der Waals surface area (Å²) >= 11 is 0. The fourth-order valence-corrected chi connectivity index (χ4v) is 2.49. The highest BCUT2D eigenvalue weighted by Crippen LogP contribution is 2.23. The van der Waals surface area contributed by atoms with Crippen LogP contribution >= 0.6 is 8.46 Å². The van der Waals surface area contributed by atoms with Crippen LogP contribution in [0.1, 0.15) is 18.9 Å². The van der Waals surface area contributed by atoms with Crippen molar-refractivity contribution in [2.24, 2.45) is 5.92 Å². The van der Waals surface area contributed by atoms with Gasteiger partial charge in [0.2, 0.25) is 0 Å². The molecule has 1 aromatic carbocycles. The van der Waals surface area contributed by atoms with E-state index in [1.807, 2.05) is 30.3 Å². The summed E-state index contributed by atoms with van der Waals surface area (Å²) < 4.78 is 16.1. The molecule has 0 aliphatic rings. The molecule has 0 aromatic heterocycles. The Morgan fingerprint density at radius 3 is 2.58 bits per heavy atom. The average Bonchev–Trinajstić information content (AvgIpc) is 2.44. The van der Waals surface area contributed by atoms with Crippen LogP contribution in [0.2, 0.25) is 0 Å². The molecule has 0 radical (unpaired) electrons. The molecule has 1 N–H and O–H groups in total. The monoisotopic (exact) mass is 283 g/mol. The topological polar surface area (TPSA) is 63.6 Å². The third-order valence-electron chi connectivity index (χ3n) is 3.01. The van der Waals surface area contributed by atoms with E-state index in [0.29, 0.717) is 19.4 Å². The van der Waals surface area contributed by atoms with Crippen LogP contribution in [0, 0.1) is 5.92 Å². The Hall–Kier alpha value is -1.25. The maximum Gasteiger partial charge on any atom is 0.331 e. The van der Waals surface area contributed by atoms with Gasteiger partial charge in [-0.3, -0.25) is 4.79 Å². The van der Waals surface area contributed by atoms with Gasteiger partial charge >= 0.3 is 14.4 Å². The molecule has 1 rings (SSSR count). The SMILES string of the molecule is CCOC(=O)C(CCc1ccccc1)C(CO)[PH+]=O. The number of ether oxygens (including phenoxy) is 1. The smallest absolute Gasteiger partial charge is 0.331 e. The first-order valence-electron chi connectivity index (χ1n) is 6.42. The van der Waals surface area contributed by atoms with Crippen molar-refractivity contribution in [3.63, 3.8) is 0 Å². The minimum atomic E-state index is -0.707. The van der Waals surface area contributed by atoms with Gasteiger partial charge in [0.25, 0.3) is 0 Å². The number of aliphatic hydroxyl groups is 1. The van der Waals surface area contributed by atoms with Crippen LogP contribution in [-0.2, 0) is 20.5 Å². The van der Waals surface area contributed by atoms with Gasteiger partial charge in [-0.1, -0.05) is 34.9 Å². The van der Waals surface area contributed by atoms with Crippen molar-refractivity contribution in [3.05, 3.63) is 35.9 Å². The van der Waals surface area contributed by atoms with Gasteiger partial charge in [-0.05, 0) is 25.3 Å². The number of hydrogen-bond donors (Lipinski definition) is 1. The van der Waals surface area contributed by atoms with Gasteiger partial charge in [0.05, 0.1) is 13.2 Å². The van der Waals surface area contributed by atoms with Crippen LogP contribution in [0.3, 0.4) is 0 Å². The van der Waals surface area contributed by atoms with Crippen LogP contribution in [0.15, 0.2) is 30.3 Å². The molecule has 4 nitrogen and oxygen atoms in total. The van der Waals surface area contributed by atoms with Gasteiger partial charge in [0.1, 0.15) is 5.92 Å². The molecule has 3 atom stereocenters. The van der Waals surface area contributed by atoms with E-state index in [0.717, 1.165) is 5.56 Å². The quantitative estimate of drug-likeness (QED) is 0.586. The molecule has 19 heavy (non-hydrogen) atoms. The van der Waals surface area contributed by atoms with E-state index in [4.69, 9.17) is 4.74 Å². The first-order chi connectivity index (χ1) is 9.22. The molecule has 0 amide bonds. The van der Waals surface area contributed by atoms with Crippen molar-refractivity contribution in [2.45, 2.75) is 25.4 Å². The minimum absolute atomic E-state index is 0.264. The number of rotatable bonds is 8. The lowest BCUT2D eigenvalue weighted by molar-refractivity contribution is -0.148. The second-order valence-corrected chi connectivity index (χ2v) is 5.27. The molecule has 0 spiro atoms. The van der Waals surface area contributed by atoms with Gasteiger partial charge in [-0.2, -0.15) is 0 Å². The standard InChI is InChI=1S/C14H19O4P/c1-2-18-14(16)12(13(10-15)19-17)9-8-11-6-4-3-5-7-11/h3-7,12-13,15H,2,8-10H2,1H3/p+1. The summed E-state index contributed by atoms with van der Waals surface area (Å²) in [7, 11) is -0.707. The zero-order valence-electron chi connectivity index (χ0n) is 11.0. The number of hydrogen-bond acceptors (Lipinski definition) is 4. The minimum Gasteiger partial charge on any atom is -0.466 e. The summed E-state index contributed by atoms with van der Waals surface area (Å²) in [5, 5.41) is 9.21. The van der Waals surface area contributed by atoms with E-state index in [1.54, 1.807) is 6.92 Å². The largest absolute Gasteiger partial charge is 0.466 e. The molecule has 5 heteroatoms. The molecule has 0 saturated heterocycles. The Morgan fingerprint density at radius 2 is 2.05 bits per heavy atom. The fourth-order valence-electron chi connectivity index (χ4n) is 1.95. The molecule has 0 aliphatic heterocycles. The summed E-state index contributed by atoms with van der Waals surface area (Å²) in [6.45, 7) is 1.76. The zero-order valence-corrected chi connectivity index (χ0v) is 12.0. The lowest BCUT2D eigenvalue weighted by Crippen LogP contribution is -2.29. The maximum absolute atomic E-state index is 11.9. The van der Waals surface area contributed by atoms with E-state index in [9.17, 15) is 14.5 Å². The molecule has 0 fully saturated rings. The Bertz CT molecular complexity index is 394. The maximum atomic E-state index is 11.9. The molecular weight excluding hydrogens is 263 g/mol. The fraction of sp³-hybridized carbons (Fsp3) is 0.500. The number of benzene rings is 1. The predicted molar refractivity (Wildman–Crippen MR) is 74.8 cm³/mol. The lowest BCUT2D eigenvalue weighted by atomic mass is 9.96.